The summed E-state index contributed by atoms with van der Waals surface area (Å²) in [5.74, 6) is -3.12. The number of morpholine rings is 1. The molecule has 1 aromatic rings. The Hall–Kier alpha value is -1.12. The van der Waals surface area contributed by atoms with Gasteiger partial charge in [-0.2, -0.15) is 8.78 Å². The van der Waals surface area contributed by atoms with E-state index in [1.54, 1.807) is 30.3 Å². The molecule has 1 aliphatic heterocycles. The molecule has 112 valence electrons. The quantitative estimate of drug-likeness (QED) is 0.707. The Morgan fingerprint density at radius 2 is 1.90 bits per heavy atom. The zero-order chi connectivity index (χ0) is 15.0. The molecule has 3 N–H and O–H groups in total. The number of ether oxygens (including phenoxy) is 1. The summed E-state index contributed by atoms with van der Waals surface area (Å²) in [5.41, 5.74) is 0.714. The lowest BCUT2D eigenvalue weighted by Crippen LogP contribution is -2.65. The lowest BCUT2D eigenvalue weighted by atomic mass is 10.0. The predicted molar refractivity (Wildman–Crippen MR) is 65.5 cm³/mol. The average Bonchev–Trinajstić information content (AvgIpc) is 2.25. The summed E-state index contributed by atoms with van der Waals surface area (Å²) < 4.78 is 31.3. The van der Waals surface area contributed by atoms with Gasteiger partial charge in [0.1, 0.15) is 6.04 Å². The van der Waals surface area contributed by atoms with Gasteiger partial charge in [0.2, 0.25) is 0 Å². The number of hydrogen-bond donors (Lipinski definition) is 3. The van der Waals surface area contributed by atoms with Crippen molar-refractivity contribution < 1.29 is 28.8 Å². The number of aliphatic hydroxyl groups is 3. The summed E-state index contributed by atoms with van der Waals surface area (Å²) in [6.45, 7) is 0.464. The van der Waals surface area contributed by atoms with Crippen LogP contribution in [0.4, 0.5) is 8.78 Å². The molecule has 1 aliphatic rings. The van der Waals surface area contributed by atoms with Crippen molar-refractivity contribution in [3.8, 4) is 0 Å². The molecule has 0 aromatic heterocycles. The van der Waals surface area contributed by atoms with Gasteiger partial charge < -0.3 is 20.1 Å². The molecular weight excluding hydrogens is 272 g/mol. The SMILES string of the molecule is CC1OC(F)(F)CN(Cc2ccccc2)C1C(O)(O)O. The fourth-order valence-electron chi connectivity index (χ4n) is 2.54. The lowest BCUT2D eigenvalue weighted by Gasteiger charge is -2.45. The van der Waals surface area contributed by atoms with Crippen LogP contribution in [-0.4, -0.2) is 51.0 Å². The highest BCUT2D eigenvalue weighted by atomic mass is 19.3. The van der Waals surface area contributed by atoms with Crippen LogP contribution in [0, 0.1) is 0 Å². The third-order valence-electron chi connectivity index (χ3n) is 3.21. The summed E-state index contributed by atoms with van der Waals surface area (Å²) in [6, 6.07) is 7.35. The van der Waals surface area contributed by atoms with Crippen LogP contribution in [0.25, 0.3) is 0 Å². The van der Waals surface area contributed by atoms with Gasteiger partial charge in [0.25, 0.3) is 5.97 Å². The smallest absolute Gasteiger partial charge is 0.342 e. The van der Waals surface area contributed by atoms with Crippen LogP contribution in [0.15, 0.2) is 30.3 Å². The minimum absolute atomic E-state index is 0.0399. The Bertz CT molecular complexity index is 449. The molecule has 1 fully saturated rings. The first-order valence-electron chi connectivity index (χ1n) is 6.20. The van der Waals surface area contributed by atoms with Gasteiger partial charge in [-0.1, -0.05) is 30.3 Å². The molecular formula is C13H17F2NO4. The zero-order valence-electron chi connectivity index (χ0n) is 10.9. The molecule has 0 saturated carbocycles. The molecule has 1 saturated heterocycles. The molecule has 2 unspecified atom stereocenters. The minimum Gasteiger partial charge on any atom is -0.342 e. The van der Waals surface area contributed by atoms with Crippen molar-refractivity contribution in [1.82, 2.24) is 4.90 Å². The van der Waals surface area contributed by atoms with Crippen molar-refractivity contribution in [2.75, 3.05) is 6.54 Å². The van der Waals surface area contributed by atoms with Crippen molar-refractivity contribution >= 4 is 0 Å². The number of rotatable bonds is 3. The molecule has 20 heavy (non-hydrogen) atoms. The molecule has 0 spiro atoms. The van der Waals surface area contributed by atoms with Crippen molar-refractivity contribution in [2.45, 2.75) is 37.7 Å². The van der Waals surface area contributed by atoms with E-state index in [0.29, 0.717) is 5.56 Å². The molecule has 5 nitrogen and oxygen atoms in total. The molecule has 2 rings (SSSR count). The van der Waals surface area contributed by atoms with Crippen molar-refractivity contribution in [1.29, 1.82) is 0 Å². The molecule has 0 aliphatic carbocycles. The maximum atomic E-state index is 13.5. The molecule has 2 atom stereocenters. The molecule has 7 heteroatoms. The number of nitrogens with zero attached hydrogens (tertiary/aromatic N) is 1. The number of benzene rings is 1. The van der Waals surface area contributed by atoms with Gasteiger partial charge in [-0.25, -0.2) is 0 Å². The van der Waals surface area contributed by atoms with Gasteiger partial charge >= 0.3 is 6.11 Å². The lowest BCUT2D eigenvalue weighted by molar-refractivity contribution is -0.396. The van der Waals surface area contributed by atoms with E-state index in [1.165, 1.54) is 6.92 Å². The van der Waals surface area contributed by atoms with Gasteiger partial charge in [0.05, 0.1) is 12.6 Å². The van der Waals surface area contributed by atoms with E-state index in [-0.39, 0.29) is 6.54 Å². The van der Waals surface area contributed by atoms with Crippen molar-refractivity contribution in [3.63, 3.8) is 0 Å². The average molecular weight is 289 g/mol. The maximum Gasteiger partial charge on any atom is 0.368 e. The summed E-state index contributed by atoms with van der Waals surface area (Å²) >= 11 is 0. The molecule has 1 heterocycles. The predicted octanol–water partition coefficient (Wildman–Crippen LogP) is 0.499. The first-order valence-corrected chi connectivity index (χ1v) is 6.20. The molecule has 0 radical (unpaired) electrons. The van der Waals surface area contributed by atoms with E-state index < -0.39 is 30.8 Å². The summed E-state index contributed by atoms with van der Waals surface area (Å²) in [4.78, 5) is 1.10. The zero-order valence-corrected chi connectivity index (χ0v) is 10.9. The van der Waals surface area contributed by atoms with Crippen molar-refractivity contribution in [3.05, 3.63) is 35.9 Å². The second-order valence-electron chi connectivity index (χ2n) is 4.98. The van der Waals surface area contributed by atoms with E-state index in [9.17, 15) is 24.1 Å². The van der Waals surface area contributed by atoms with Gasteiger partial charge in [-0.3, -0.25) is 4.90 Å². The van der Waals surface area contributed by atoms with Gasteiger partial charge in [0, 0.05) is 6.54 Å². The second kappa shape index (κ2) is 5.34. The number of hydrogen-bond acceptors (Lipinski definition) is 5. The number of halogens is 2. The Morgan fingerprint density at radius 1 is 1.30 bits per heavy atom. The monoisotopic (exact) mass is 289 g/mol. The van der Waals surface area contributed by atoms with Crippen LogP contribution in [-0.2, 0) is 11.3 Å². The van der Waals surface area contributed by atoms with E-state index in [0.717, 1.165) is 4.90 Å². The van der Waals surface area contributed by atoms with Crippen LogP contribution >= 0.6 is 0 Å². The van der Waals surface area contributed by atoms with Crippen LogP contribution in [0.3, 0.4) is 0 Å². The third-order valence-corrected chi connectivity index (χ3v) is 3.21. The van der Waals surface area contributed by atoms with Crippen LogP contribution in [0.1, 0.15) is 12.5 Å². The van der Waals surface area contributed by atoms with E-state index in [2.05, 4.69) is 4.74 Å². The van der Waals surface area contributed by atoms with Crippen LogP contribution < -0.4 is 0 Å². The van der Waals surface area contributed by atoms with E-state index >= 15 is 0 Å². The van der Waals surface area contributed by atoms with E-state index in [4.69, 9.17) is 0 Å². The first-order chi connectivity index (χ1) is 9.19. The molecule has 0 amide bonds. The minimum atomic E-state index is -3.41. The third kappa shape index (κ3) is 3.50. The summed E-state index contributed by atoms with van der Waals surface area (Å²) in [6.07, 6.45) is -4.65. The molecule has 0 bridgehead atoms. The topological polar surface area (TPSA) is 73.2 Å². The highest BCUT2D eigenvalue weighted by Crippen LogP contribution is 2.33. The Morgan fingerprint density at radius 3 is 2.45 bits per heavy atom. The van der Waals surface area contributed by atoms with Gasteiger partial charge in [0.15, 0.2) is 0 Å². The standard InChI is InChI=1S/C13H17F2NO4/c1-9-11(13(17,18)19)16(8-12(14,15)20-9)7-10-5-3-2-4-6-10/h2-6,9,11,17-19H,7-8H2,1H3. The largest absolute Gasteiger partial charge is 0.368 e. The summed E-state index contributed by atoms with van der Waals surface area (Å²) in [5, 5.41) is 28.1. The Labute approximate surface area is 115 Å². The Kier molecular flexibility index (Phi) is 4.08. The van der Waals surface area contributed by atoms with Gasteiger partial charge in [-0.05, 0) is 12.5 Å². The van der Waals surface area contributed by atoms with Gasteiger partial charge in [-0.15, -0.1) is 0 Å². The first kappa shape index (κ1) is 15.3. The fraction of sp³-hybridized carbons (Fsp3) is 0.538. The molecule has 1 aromatic carbocycles. The highest BCUT2D eigenvalue weighted by Gasteiger charge is 2.52. The summed E-state index contributed by atoms with van der Waals surface area (Å²) in [7, 11) is 0. The second-order valence-corrected chi connectivity index (χ2v) is 4.98. The Balaban J connectivity index is 2.24. The van der Waals surface area contributed by atoms with Crippen LogP contribution in [0.2, 0.25) is 0 Å². The normalized spacial score (nSPS) is 27.5. The maximum absolute atomic E-state index is 13.5. The fourth-order valence-corrected chi connectivity index (χ4v) is 2.54. The number of alkyl halides is 2. The highest BCUT2D eigenvalue weighted by molar-refractivity contribution is 5.15. The van der Waals surface area contributed by atoms with Crippen molar-refractivity contribution in [2.24, 2.45) is 0 Å². The van der Waals surface area contributed by atoms with Crippen LogP contribution in [0.5, 0.6) is 0 Å². The van der Waals surface area contributed by atoms with E-state index in [1.807, 2.05) is 0 Å².